The Balaban J connectivity index is 0.000000167. The Morgan fingerprint density at radius 2 is 1.50 bits per heavy atom. The maximum atomic E-state index is 13.1. The summed E-state index contributed by atoms with van der Waals surface area (Å²) in [5.74, 6) is 1.79. The summed E-state index contributed by atoms with van der Waals surface area (Å²) in [5.41, 5.74) is 8.28. The number of benzene rings is 3. The minimum atomic E-state index is -0.0932. The lowest BCUT2D eigenvalue weighted by atomic mass is 9.96. The number of ether oxygens (including phenoxy) is 1. The molecule has 1 aliphatic heterocycles. The first kappa shape index (κ1) is 31.1. The minimum absolute atomic E-state index is 0.0932. The highest BCUT2D eigenvalue weighted by Gasteiger charge is 2.19. The first-order valence-electron chi connectivity index (χ1n) is 13.9. The van der Waals surface area contributed by atoms with E-state index in [0.29, 0.717) is 17.9 Å². The van der Waals surface area contributed by atoms with Crippen molar-refractivity contribution in [3.05, 3.63) is 105 Å². The van der Waals surface area contributed by atoms with Gasteiger partial charge in [-0.05, 0) is 96.8 Å². The molecule has 0 aliphatic carbocycles. The molecule has 0 bridgehead atoms. The van der Waals surface area contributed by atoms with Crippen molar-refractivity contribution in [2.24, 2.45) is 0 Å². The van der Waals surface area contributed by atoms with Crippen LogP contribution in [0.15, 0.2) is 66.8 Å². The van der Waals surface area contributed by atoms with E-state index in [4.69, 9.17) is 4.74 Å². The topological polar surface area (TPSA) is 25.4 Å². The molecule has 5 heteroatoms. The second kappa shape index (κ2) is 13.8. The molecular formula is C35H43FN2OS. The molecule has 2 heterocycles. The van der Waals surface area contributed by atoms with Gasteiger partial charge in [-0.3, -0.25) is 0 Å². The van der Waals surface area contributed by atoms with Crippen molar-refractivity contribution >= 4 is 33.9 Å². The number of rotatable bonds is 4. The van der Waals surface area contributed by atoms with Gasteiger partial charge in [0.2, 0.25) is 0 Å². The monoisotopic (exact) mass is 558 g/mol. The molecule has 0 fully saturated rings. The first-order valence-corrected chi connectivity index (χ1v) is 14.7. The van der Waals surface area contributed by atoms with Crippen molar-refractivity contribution in [2.75, 3.05) is 7.11 Å². The molecule has 0 saturated carbocycles. The molecule has 40 heavy (non-hydrogen) atoms. The smallest absolute Gasteiger partial charge is 0.126 e. The van der Waals surface area contributed by atoms with E-state index in [9.17, 15) is 4.39 Å². The zero-order valence-corrected chi connectivity index (χ0v) is 26.2. The van der Waals surface area contributed by atoms with Gasteiger partial charge in [-0.15, -0.1) is 11.3 Å². The van der Waals surface area contributed by atoms with Crippen LogP contribution in [0, 0.1) is 19.7 Å². The van der Waals surface area contributed by atoms with Gasteiger partial charge in [-0.1, -0.05) is 64.6 Å². The number of hydrogen-bond donors (Lipinski definition) is 0. The normalized spacial score (nSPS) is 12.3. The molecule has 0 amide bonds. The van der Waals surface area contributed by atoms with Crippen LogP contribution < -0.4 is 4.74 Å². The Kier molecular flexibility index (Phi) is 10.7. The van der Waals surface area contributed by atoms with Crippen molar-refractivity contribution in [1.82, 2.24) is 9.88 Å². The predicted octanol–water partition coefficient (Wildman–Crippen LogP) is 10.3. The highest BCUT2D eigenvalue weighted by atomic mass is 32.1. The molecular weight excluding hydrogens is 515 g/mol. The van der Waals surface area contributed by atoms with Crippen LogP contribution in [-0.2, 0) is 0 Å². The molecule has 0 N–H and O–H groups in total. The Morgan fingerprint density at radius 3 is 2.08 bits per heavy atom. The third-order valence-electron chi connectivity index (χ3n) is 7.01. The lowest BCUT2D eigenvalue weighted by Gasteiger charge is -2.28. The van der Waals surface area contributed by atoms with Crippen molar-refractivity contribution in [2.45, 2.75) is 73.3 Å². The summed E-state index contributed by atoms with van der Waals surface area (Å²) in [5, 5.41) is 2.51. The zero-order valence-electron chi connectivity index (χ0n) is 25.4. The van der Waals surface area contributed by atoms with Crippen LogP contribution >= 0.6 is 11.3 Å². The lowest BCUT2D eigenvalue weighted by molar-refractivity contribution is 0.408. The van der Waals surface area contributed by atoms with E-state index in [1.807, 2.05) is 24.6 Å². The SMILES string of the molecule is C=C1c2scnc2C=CN1C(C)C.COc1cc2ccccc2cc1C(C)C.Cc1cc(C)c(C(C)C)cc1F. The van der Waals surface area contributed by atoms with Crippen molar-refractivity contribution in [3.63, 3.8) is 0 Å². The quantitative estimate of drug-likeness (QED) is 0.249. The van der Waals surface area contributed by atoms with E-state index < -0.39 is 0 Å². The number of hydrogen-bond acceptors (Lipinski definition) is 4. The van der Waals surface area contributed by atoms with Crippen molar-refractivity contribution < 1.29 is 9.13 Å². The minimum Gasteiger partial charge on any atom is -0.496 e. The van der Waals surface area contributed by atoms with Gasteiger partial charge in [0.25, 0.3) is 0 Å². The fourth-order valence-electron chi connectivity index (χ4n) is 4.76. The van der Waals surface area contributed by atoms with Gasteiger partial charge in [0.1, 0.15) is 11.6 Å². The fourth-order valence-corrected chi connectivity index (χ4v) is 5.51. The number of nitrogens with zero attached hydrogens (tertiary/aromatic N) is 2. The van der Waals surface area contributed by atoms with Gasteiger partial charge in [-0.2, -0.15) is 0 Å². The molecule has 1 aromatic heterocycles. The van der Waals surface area contributed by atoms with Gasteiger partial charge in [-0.25, -0.2) is 9.37 Å². The van der Waals surface area contributed by atoms with Gasteiger partial charge in [0.05, 0.1) is 28.9 Å². The molecule has 1 aliphatic rings. The summed E-state index contributed by atoms with van der Waals surface area (Å²) in [7, 11) is 1.73. The fraction of sp³-hybridized carbons (Fsp3) is 0.343. The van der Waals surface area contributed by atoms with Crippen LogP contribution in [0.5, 0.6) is 5.75 Å². The zero-order chi connectivity index (χ0) is 29.6. The standard InChI is InChI=1S/C14H16O.C11H15F.C10H12N2S/c1-10(2)13-8-11-6-4-5-7-12(11)9-14(13)15-3;1-7(2)10-6-11(12)9(4)5-8(10)3;1-7(2)12-5-4-9-10(8(12)3)13-6-11-9/h4-10H,1-3H3;5-7H,1-4H3;4-7H,3H2,1-2H3. The summed E-state index contributed by atoms with van der Waals surface area (Å²) in [6.07, 6.45) is 4.09. The Bertz CT molecular complexity index is 1480. The lowest BCUT2D eigenvalue weighted by Crippen LogP contribution is -2.24. The second-order valence-corrected chi connectivity index (χ2v) is 11.9. The van der Waals surface area contributed by atoms with Crippen LogP contribution in [-0.4, -0.2) is 23.0 Å². The summed E-state index contributed by atoms with van der Waals surface area (Å²) in [6.45, 7) is 20.7. The molecule has 0 atom stereocenters. The third-order valence-corrected chi connectivity index (χ3v) is 7.90. The number of aryl methyl sites for hydroxylation is 2. The predicted molar refractivity (Wildman–Crippen MR) is 172 cm³/mol. The Hall–Kier alpha value is -3.44. The number of thiazole rings is 1. The highest BCUT2D eigenvalue weighted by Crippen LogP contribution is 2.32. The number of aromatic nitrogens is 1. The van der Waals surface area contributed by atoms with E-state index in [0.717, 1.165) is 28.3 Å². The van der Waals surface area contributed by atoms with Crippen LogP contribution in [0.3, 0.4) is 0 Å². The number of halogens is 1. The summed E-state index contributed by atoms with van der Waals surface area (Å²) >= 11 is 1.65. The molecule has 212 valence electrons. The largest absolute Gasteiger partial charge is 0.496 e. The molecule has 0 spiro atoms. The molecule has 0 saturated heterocycles. The van der Waals surface area contributed by atoms with Crippen LogP contribution in [0.25, 0.3) is 22.5 Å². The van der Waals surface area contributed by atoms with Crippen molar-refractivity contribution in [3.8, 4) is 5.75 Å². The molecule has 0 radical (unpaired) electrons. The van der Waals surface area contributed by atoms with Gasteiger partial charge >= 0.3 is 0 Å². The van der Waals surface area contributed by atoms with Crippen LogP contribution in [0.4, 0.5) is 4.39 Å². The molecule has 3 aromatic carbocycles. The van der Waals surface area contributed by atoms with Gasteiger partial charge in [0, 0.05) is 12.2 Å². The molecule has 3 nitrogen and oxygen atoms in total. The first-order chi connectivity index (χ1) is 18.9. The van der Waals surface area contributed by atoms with E-state index in [1.54, 1.807) is 31.4 Å². The van der Waals surface area contributed by atoms with Crippen LogP contribution in [0.1, 0.15) is 86.2 Å². The van der Waals surface area contributed by atoms with E-state index in [-0.39, 0.29) is 5.82 Å². The maximum Gasteiger partial charge on any atom is 0.126 e. The van der Waals surface area contributed by atoms with E-state index in [2.05, 4.69) is 101 Å². The second-order valence-electron chi connectivity index (χ2n) is 11.0. The summed E-state index contributed by atoms with van der Waals surface area (Å²) < 4.78 is 18.5. The van der Waals surface area contributed by atoms with Gasteiger partial charge < -0.3 is 9.64 Å². The number of fused-ring (bicyclic) bond motifs is 2. The molecule has 5 rings (SSSR count). The van der Waals surface area contributed by atoms with E-state index in [1.165, 1.54) is 26.8 Å². The Morgan fingerprint density at radius 1 is 0.875 bits per heavy atom. The number of methoxy groups -OCH3 is 1. The van der Waals surface area contributed by atoms with Gasteiger partial charge in [0.15, 0.2) is 0 Å². The average molecular weight is 559 g/mol. The Labute approximate surface area is 244 Å². The molecule has 4 aromatic rings. The average Bonchev–Trinajstić information content (AvgIpc) is 3.40. The third kappa shape index (κ3) is 7.39. The summed E-state index contributed by atoms with van der Waals surface area (Å²) in [6, 6.07) is 16.7. The van der Waals surface area contributed by atoms with Crippen LogP contribution in [0.2, 0.25) is 0 Å². The highest BCUT2D eigenvalue weighted by molar-refractivity contribution is 7.11. The summed E-state index contributed by atoms with van der Waals surface area (Å²) in [4.78, 5) is 7.60. The maximum absolute atomic E-state index is 13.1. The molecule has 0 unspecified atom stereocenters. The van der Waals surface area contributed by atoms with E-state index >= 15 is 0 Å². The van der Waals surface area contributed by atoms with Crippen molar-refractivity contribution in [1.29, 1.82) is 0 Å².